The first-order chi connectivity index (χ1) is 14.7. The Bertz CT molecular complexity index is 1350. The van der Waals surface area contributed by atoms with E-state index in [1.54, 1.807) is 24.5 Å². The highest BCUT2D eigenvalue weighted by Crippen LogP contribution is 2.45. The van der Waals surface area contributed by atoms with Gasteiger partial charge in [0.15, 0.2) is 11.5 Å². The van der Waals surface area contributed by atoms with Crippen LogP contribution in [0.2, 0.25) is 0 Å². The van der Waals surface area contributed by atoms with Gasteiger partial charge in [-0.1, -0.05) is 36.4 Å². The molecule has 5 aromatic rings. The number of aromatic hydroxyl groups is 2. The van der Waals surface area contributed by atoms with Crippen LogP contribution in [0, 0.1) is 0 Å². The molecule has 2 aromatic heterocycles. The SMILES string of the molecule is COc1ccc2c(-c3c(-c4ccc(O)c(O)c4)c[nH]c3-c3cccs3)cccc2c1. The second-order valence-corrected chi connectivity index (χ2v) is 7.97. The molecule has 0 fully saturated rings. The smallest absolute Gasteiger partial charge is 0.158 e. The number of methoxy groups -OCH3 is 1. The molecule has 0 unspecified atom stereocenters. The van der Waals surface area contributed by atoms with Gasteiger partial charge < -0.3 is 19.9 Å². The van der Waals surface area contributed by atoms with Crippen LogP contribution in [0.1, 0.15) is 0 Å². The number of benzene rings is 3. The first-order valence-corrected chi connectivity index (χ1v) is 10.4. The van der Waals surface area contributed by atoms with Crippen molar-refractivity contribution < 1.29 is 14.9 Å². The molecule has 0 aliphatic rings. The van der Waals surface area contributed by atoms with Crippen molar-refractivity contribution in [3.63, 3.8) is 0 Å². The lowest BCUT2D eigenvalue weighted by molar-refractivity contribution is 0.404. The van der Waals surface area contributed by atoms with Crippen LogP contribution in [0.25, 0.3) is 43.6 Å². The van der Waals surface area contributed by atoms with E-state index in [1.807, 2.05) is 36.5 Å². The molecular weight excluding hydrogens is 394 g/mol. The van der Waals surface area contributed by atoms with E-state index in [0.29, 0.717) is 0 Å². The highest BCUT2D eigenvalue weighted by Gasteiger charge is 2.19. The van der Waals surface area contributed by atoms with E-state index < -0.39 is 0 Å². The standard InChI is InChI=1S/C25H19NO3S/c1-29-17-8-9-18-15(12-17)4-2-5-19(18)24-20(16-7-10-21(27)22(28)13-16)14-26-25(24)23-6-3-11-30-23/h2-14,26-28H,1H3. The molecule has 5 heteroatoms. The summed E-state index contributed by atoms with van der Waals surface area (Å²) in [6, 6.07) is 21.3. The van der Waals surface area contributed by atoms with E-state index in [0.717, 1.165) is 49.3 Å². The molecule has 0 atom stereocenters. The Morgan fingerprint density at radius 1 is 0.867 bits per heavy atom. The number of thiophene rings is 1. The van der Waals surface area contributed by atoms with E-state index >= 15 is 0 Å². The van der Waals surface area contributed by atoms with Crippen LogP contribution in [0.3, 0.4) is 0 Å². The highest BCUT2D eigenvalue weighted by atomic mass is 32.1. The minimum atomic E-state index is -0.139. The fourth-order valence-electron chi connectivity index (χ4n) is 3.84. The summed E-state index contributed by atoms with van der Waals surface area (Å²) < 4.78 is 5.40. The van der Waals surface area contributed by atoms with E-state index in [1.165, 1.54) is 6.07 Å². The van der Waals surface area contributed by atoms with Crippen LogP contribution in [0.4, 0.5) is 0 Å². The molecule has 0 bridgehead atoms. The Morgan fingerprint density at radius 2 is 1.77 bits per heavy atom. The molecule has 0 saturated carbocycles. The van der Waals surface area contributed by atoms with Gasteiger partial charge in [0.05, 0.1) is 17.7 Å². The zero-order valence-corrected chi connectivity index (χ0v) is 17.0. The van der Waals surface area contributed by atoms with E-state index in [4.69, 9.17) is 4.74 Å². The molecule has 0 radical (unpaired) electrons. The summed E-state index contributed by atoms with van der Waals surface area (Å²) in [5.41, 5.74) is 4.94. The predicted molar refractivity (Wildman–Crippen MR) is 122 cm³/mol. The largest absolute Gasteiger partial charge is 0.504 e. The van der Waals surface area contributed by atoms with Crippen molar-refractivity contribution in [1.29, 1.82) is 0 Å². The van der Waals surface area contributed by atoms with Gasteiger partial charge in [0.1, 0.15) is 5.75 Å². The number of hydrogen-bond donors (Lipinski definition) is 3. The normalized spacial score (nSPS) is 11.1. The van der Waals surface area contributed by atoms with Crippen molar-refractivity contribution in [1.82, 2.24) is 4.98 Å². The topological polar surface area (TPSA) is 65.5 Å². The summed E-state index contributed by atoms with van der Waals surface area (Å²) in [6.07, 6.45) is 1.96. The van der Waals surface area contributed by atoms with E-state index in [-0.39, 0.29) is 11.5 Å². The monoisotopic (exact) mass is 413 g/mol. The van der Waals surface area contributed by atoms with Gasteiger partial charge in [0, 0.05) is 17.3 Å². The molecule has 4 nitrogen and oxygen atoms in total. The quantitative estimate of drug-likeness (QED) is 0.289. The summed E-state index contributed by atoms with van der Waals surface area (Å²) in [6.45, 7) is 0. The molecule has 3 N–H and O–H groups in total. The number of ether oxygens (including phenoxy) is 1. The molecule has 0 spiro atoms. The van der Waals surface area contributed by atoms with Crippen molar-refractivity contribution >= 4 is 22.1 Å². The van der Waals surface area contributed by atoms with Crippen LogP contribution in [-0.2, 0) is 0 Å². The van der Waals surface area contributed by atoms with E-state index in [9.17, 15) is 10.2 Å². The van der Waals surface area contributed by atoms with Crippen LogP contribution < -0.4 is 4.74 Å². The molecule has 5 rings (SSSR count). The third-order valence-corrected chi connectivity index (χ3v) is 6.18. The third-order valence-electron chi connectivity index (χ3n) is 5.29. The number of hydrogen-bond acceptors (Lipinski definition) is 4. The maximum Gasteiger partial charge on any atom is 0.158 e. The van der Waals surface area contributed by atoms with Crippen LogP contribution >= 0.6 is 11.3 Å². The Morgan fingerprint density at radius 3 is 2.53 bits per heavy atom. The molecule has 3 aromatic carbocycles. The Balaban J connectivity index is 1.81. The number of phenols is 2. The van der Waals surface area contributed by atoms with Crippen molar-refractivity contribution in [2.24, 2.45) is 0 Å². The summed E-state index contributed by atoms with van der Waals surface area (Å²) in [4.78, 5) is 4.57. The molecule has 0 aliphatic carbocycles. The number of H-pyrrole nitrogens is 1. The zero-order chi connectivity index (χ0) is 20.7. The molecule has 0 amide bonds. The van der Waals surface area contributed by atoms with Crippen molar-refractivity contribution in [3.8, 4) is 50.1 Å². The lowest BCUT2D eigenvalue weighted by Crippen LogP contribution is -1.87. The van der Waals surface area contributed by atoms with Gasteiger partial charge >= 0.3 is 0 Å². The fourth-order valence-corrected chi connectivity index (χ4v) is 4.58. The predicted octanol–water partition coefficient (Wildman–Crippen LogP) is 6.65. The van der Waals surface area contributed by atoms with Gasteiger partial charge in [0.2, 0.25) is 0 Å². The molecule has 148 valence electrons. The Hall–Kier alpha value is -3.70. The lowest BCUT2D eigenvalue weighted by Gasteiger charge is -2.12. The van der Waals surface area contributed by atoms with Crippen molar-refractivity contribution in [3.05, 3.63) is 78.3 Å². The van der Waals surface area contributed by atoms with Crippen LogP contribution in [-0.4, -0.2) is 22.3 Å². The second kappa shape index (κ2) is 7.28. The van der Waals surface area contributed by atoms with Crippen molar-refractivity contribution in [2.75, 3.05) is 7.11 Å². The van der Waals surface area contributed by atoms with Gasteiger partial charge in [-0.25, -0.2) is 0 Å². The Labute approximate surface area is 177 Å². The van der Waals surface area contributed by atoms with Gasteiger partial charge in [-0.15, -0.1) is 11.3 Å². The van der Waals surface area contributed by atoms with Gasteiger partial charge in [-0.2, -0.15) is 0 Å². The third kappa shape index (κ3) is 3.00. The molecule has 2 heterocycles. The first-order valence-electron chi connectivity index (χ1n) is 9.50. The zero-order valence-electron chi connectivity index (χ0n) is 16.2. The van der Waals surface area contributed by atoms with Crippen LogP contribution in [0.5, 0.6) is 17.2 Å². The second-order valence-electron chi connectivity index (χ2n) is 7.03. The summed E-state index contributed by atoms with van der Waals surface area (Å²) in [5, 5.41) is 24.1. The minimum Gasteiger partial charge on any atom is -0.504 e. The summed E-state index contributed by atoms with van der Waals surface area (Å²) >= 11 is 1.67. The van der Waals surface area contributed by atoms with E-state index in [2.05, 4.69) is 34.6 Å². The lowest BCUT2D eigenvalue weighted by atomic mass is 9.92. The summed E-state index contributed by atoms with van der Waals surface area (Å²) in [5.74, 6) is 0.544. The van der Waals surface area contributed by atoms with Crippen molar-refractivity contribution in [2.45, 2.75) is 0 Å². The maximum absolute atomic E-state index is 10.1. The highest BCUT2D eigenvalue weighted by molar-refractivity contribution is 7.13. The number of fused-ring (bicyclic) bond motifs is 1. The fraction of sp³-hybridized carbons (Fsp3) is 0.0400. The van der Waals surface area contributed by atoms with Gasteiger partial charge in [0.25, 0.3) is 0 Å². The summed E-state index contributed by atoms with van der Waals surface area (Å²) in [7, 11) is 1.67. The average molecular weight is 413 g/mol. The van der Waals surface area contributed by atoms with Gasteiger partial charge in [-0.05, 0) is 57.6 Å². The molecular formula is C25H19NO3S. The van der Waals surface area contributed by atoms with Gasteiger partial charge in [-0.3, -0.25) is 0 Å². The first kappa shape index (κ1) is 18.3. The number of rotatable bonds is 4. The van der Waals surface area contributed by atoms with Crippen LogP contribution in [0.15, 0.2) is 78.3 Å². The molecule has 0 saturated heterocycles. The maximum atomic E-state index is 10.1. The number of aromatic nitrogens is 1. The molecule has 0 aliphatic heterocycles. The number of aromatic amines is 1. The minimum absolute atomic E-state index is 0.133. The molecule has 30 heavy (non-hydrogen) atoms. The average Bonchev–Trinajstić information content (AvgIpc) is 3.44. The number of nitrogens with one attached hydrogen (secondary N) is 1. The Kier molecular flexibility index (Phi) is 4.45. The number of phenolic OH excluding ortho intramolecular Hbond substituents is 2.